The fraction of sp³-hybridized carbons (Fsp3) is 0.364. The highest BCUT2D eigenvalue weighted by Crippen LogP contribution is 2.20. The monoisotopic (exact) mass is 310 g/mol. The molecule has 0 spiro atoms. The first-order valence-corrected chi connectivity index (χ1v) is 6.92. The number of hydrogen-bond donors (Lipinski definition) is 1. The summed E-state index contributed by atoms with van der Waals surface area (Å²) in [7, 11) is -3.04. The lowest BCUT2D eigenvalue weighted by Gasteiger charge is -2.20. The molecule has 20 heavy (non-hydrogen) atoms. The molecule has 0 unspecified atom stereocenters. The number of carbonyl (C=O) groups is 1. The zero-order chi connectivity index (χ0) is 15.7. The number of benzene rings is 1. The molecular weight excluding hydrogens is 297 g/mol. The molecular formula is C11H13F3N2O3S. The summed E-state index contributed by atoms with van der Waals surface area (Å²) < 4.78 is 59.1. The van der Waals surface area contributed by atoms with Crippen LogP contribution in [0.15, 0.2) is 23.1 Å². The highest BCUT2D eigenvalue weighted by atomic mass is 32.2. The van der Waals surface area contributed by atoms with E-state index in [1.807, 2.05) is 0 Å². The second kappa shape index (κ2) is 5.41. The third-order valence-corrected chi connectivity index (χ3v) is 3.44. The van der Waals surface area contributed by atoms with Gasteiger partial charge in [0.05, 0.1) is 4.90 Å². The molecule has 0 aliphatic heterocycles. The lowest BCUT2D eigenvalue weighted by molar-refractivity contribution is -0.138. The zero-order valence-electron chi connectivity index (χ0n) is 10.7. The number of halogens is 3. The highest BCUT2D eigenvalue weighted by molar-refractivity contribution is 7.89. The van der Waals surface area contributed by atoms with Gasteiger partial charge in [0, 0.05) is 12.6 Å². The van der Waals surface area contributed by atoms with Gasteiger partial charge >= 0.3 is 6.18 Å². The Bertz CT molecular complexity index is 626. The number of rotatable bonds is 3. The minimum absolute atomic E-state index is 0.136. The molecule has 1 aromatic rings. The average Bonchev–Trinajstić information content (AvgIpc) is 2.24. The maximum Gasteiger partial charge on any atom is 0.406 e. The molecule has 0 saturated heterocycles. The van der Waals surface area contributed by atoms with Crippen molar-refractivity contribution < 1.29 is 26.4 Å². The molecule has 1 rings (SSSR count). The highest BCUT2D eigenvalue weighted by Gasteiger charge is 2.32. The Balaban J connectivity index is 3.16. The van der Waals surface area contributed by atoms with Gasteiger partial charge in [-0.1, -0.05) is 6.07 Å². The first-order valence-electron chi connectivity index (χ1n) is 5.37. The van der Waals surface area contributed by atoms with Gasteiger partial charge in [-0.2, -0.15) is 13.2 Å². The van der Waals surface area contributed by atoms with Crippen molar-refractivity contribution in [2.75, 3.05) is 13.6 Å². The van der Waals surface area contributed by atoms with E-state index in [4.69, 9.17) is 5.14 Å². The molecule has 1 aromatic carbocycles. The third-order valence-electron chi connectivity index (χ3n) is 2.53. The van der Waals surface area contributed by atoms with Crippen molar-refractivity contribution >= 4 is 15.9 Å². The number of sulfonamides is 1. The van der Waals surface area contributed by atoms with Crippen molar-refractivity contribution in [1.29, 1.82) is 0 Å². The van der Waals surface area contributed by atoms with E-state index in [0.717, 1.165) is 13.1 Å². The molecule has 0 aromatic heterocycles. The van der Waals surface area contributed by atoms with Gasteiger partial charge in [0.2, 0.25) is 10.0 Å². The Labute approximate surface area is 114 Å². The maximum atomic E-state index is 12.2. The minimum atomic E-state index is -4.53. The molecule has 9 heteroatoms. The van der Waals surface area contributed by atoms with Crippen LogP contribution in [-0.4, -0.2) is 39.0 Å². The number of alkyl halides is 3. The Kier molecular flexibility index (Phi) is 4.45. The molecule has 112 valence electrons. The van der Waals surface area contributed by atoms with Crippen LogP contribution < -0.4 is 5.14 Å². The number of aryl methyl sites for hydroxylation is 1. The number of nitrogens with zero attached hydrogens (tertiary/aromatic N) is 1. The van der Waals surface area contributed by atoms with Gasteiger partial charge in [-0.15, -0.1) is 0 Å². The predicted octanol–water partition coefficient (Wildman–Crippen LogP) is 1.28. The number of nitrogens with two attached hydrogens (primary N) is 1. The lowest BCUT2D eigenvalue weighted by atomic mass is 10.1. The topological polar surface area (TPSA) is 80.5 Å². The largest absolute Gasteiger partial charge is 0.406 e. The molecule has 0 aliphatic carbocycles. The van der Waals surface area contributed by atoms with Crippen LogP contribution in [0.1, 0.15) is 15.9 Å². The van der Waals surface area contributed by atoms with Crippen LogP contribution in [0.4, 0.5) is 13.2 Å². The van der Waals surface area contributed by atoms with E-state index in [9.17, 15) is 26.4 Å². The molecule has 0 radical (unpaired) electrons. The number of hydrogen-bond acceptors (Lipinski definition) is 3. The van der Waals surface area contributed by atoms with Gasteiger partial charge in [-0.3, -0.25) is 4.79 Å². The summed E-state index contributed by atoms with van der Waals surface area (Å²) in [5.41, 5.74) is 0.222. The Morgan fingerprint density at radius 2 is 1.90 bits per heavy atom. The summed E-state index contributed by atoms with van der Waals surface area (Å²) in [6.07, 6.45) is -4.53. The van der Waals surface area contributed by atoms with Gasteiger partial charge in [-0.25, -0.2) is 13.6 Å². The van der Waals surface area contributed by atoms with E-state index in [0.29, 0.717) is 10.5 Å². The van der Waals surface area contributed by atoms with Crippen molar-refractivity contribution in [2.24, 2.45) is 5.14 Å². The third kappa shape index (κ3) is 4.20. The average molecular weight is 310 g/mol. The number of amides is 1. The van der Waals surface area contributed by atoms with E-state index < -0.39 is 28.7 Å². The van der Waals surface area contributed by atoms with Crippen molar-refractivity contribution in [3.05, 3.63) is 29.3 Å². The van der Waals surface area contributed by atoms with Crippen LogP contribution in [0.5, 0.6) is 0 Å². The van der Waals surface area contributed by atoms with E-state index in [1.54, 1.807) is 0 Å². The van der Waals surface area contributed by atoms with Gasteiger partial charge in [-0.05, 0) is 24.6 Å². The van der Waals surface area contributed by atoms with E-state index in [1.165, 1.54) is 19.1 Å². The lowest BCUT2D eigenvalue weighted by Crippen LogP contribution is -2.36. The summed E-state index contributed by atoms with van der Waals surface area (Å²) in [5.74, 6) is -0.926. The van der Waals surface area contributed by atoms with Gasteiger partial charge in [0.15, 0.2) is 0 Å². The van der Waals surface area contributed by atoms with Gasteiger partial charge < -0.3 is 4.90 Å². The van der Waals surface area contributed by atoms with Crippen molar-refractivity contribution in [2.45, 2.75) is 18.0 Å². The molecule has 1 amide bonds. The van der Waals surface area contributed by atoms with Gasteiger partial charge in [0.1, 0.15) is 6.54 Å². The summed E-state index contributed by atoms with van der Waals surface area (Å²) in [5, 5.41) is 4.92. The summed E-state index contributed by atoms with van der Waals surface area (Å²) in [4.78, 5) is 12.1. The minimum Gasteiger partial charge on any atom is -0.333 e. The Morgan fingerprint density at radius 1 is 1.35 bits per heavy atom. The zero-order valence-corrected chi connectivity index (χ0v) is 11.5. The Morgan fingerprint density at radius 3 is 2.35 bits per heavy atom. The van der Waals surface area contributed by atoms with Crippen molar-refractivity contribution in [3.63, 3.8) is 0 Å². The van der Waals surface area contributed by atoms with Crippen LogP contribution in [0.3, 0.4) is 0 Å². The van der Waals surface area contributed by atoms with Crippen LogP contribution in [0.2, 0.25) is 0 Å². The van der Waals surface area contributed by atoms with Crippen LogP contribution in [-0.2, 0) is 10.0 Å². The molecule has 0 atom stereocenters. The van der Waals surface area contributed by atoms with Gasteiger partial charge in [0.25, 0.3) is 5.91 Å². The van der Waals surface area contributed by atoms with E-state index in [2.05, 4.69) is 0 Å². The molecule has 5 nitrogen and oxygen atoms in total. The molecule has 0 heterocycles. The molecule has 0 fully saturated rings. The SMILES string of the molecule is Cc1ccc(S(N)(=O)=O)cc1C(=O)N(C)CC(F)(F)F. The molecule has 0 aliphatic rings. The van der Waals surface area contributed by atoms with Crippen molar-refractivity contribution in [3.8, 4) is 0 Å². The first-order chi connectivity index (χ1) is 8.92. The predicted molar refractivity (Wildman–Crippen MR) is 65.6 cm³/mol. The van der Waals surface area contributed by atoms with Crippen molar-refractivity contribution in [1.82, 2.24) is 4.90 Å². The molecule has 2 N–H and O–H groups in total. The smallest absolute Gasteiger partial charge is 0.333 e. The fourth-order valence-electron chi connectivity index (χ4n) is 1.55. The Hall–Kier alpha value is -1.61. The second-order valence-electron chi connectivity index (χ2n) is 4.30. The standard InChI is InChI=1S/C11H13F3N2O3S/c1-7-3-4-8(20(15,18)19)5-9(7)10(17)16(2)6-11(12,13)14/h3-5H,6H2,1-2H3,(H2,15,18,19). The summed E-state index contributed by atoms with van der Waals surface area (Å²) in [6.45, 7) is 0.0620. The normalized spacial score (nSPS) is 12.3. The van der Waals surface area contributed by atoms with Crippen LogP contribution in [0.25, 0.3) is 0 Å². The summed E-state index contributed by atoms with van der Waals surface area (Å²) in [6, 6.07) is 3.47. The first kappa shape index (κ1) is 16.4. The maximum absolute atomic E-state index is 12.2. The molecule has 0 bridgehead atoms. The van der Waals surface area contributed by atoms with E-state index in [-0.39, 0.29) is 10.5 Å². The number of primary sulfonamides is 1. The van der Waals surface area contributed by atoms with E-state index >= 15 is 0 Å². The van der Waals surface area contributed by atoms with Crippen LogP contribution in [0, 0.1) is 6.92 Å². The quantitative estimate of drug-likeness (QED) is 0.913. The number of carbonyl (C=O) groups excluding carboxylic acids is 1. The second-order valence-corrected chi connectivity index (χ2v) is 5.86. The van der Waals surface area contributed by atoms with Crippen LogP contribution >= 0.6 is 0 Å². The molecule has 0 saturated carbocycles. The fourth-order valence-corrected chi connectivity index (χ4v) is 2.09. The summed E-state index contributed by atoms with van der Waals surface area (Å²) >= 11 is 0.